The van der Waals surface area contributed by atoms with Crippen LogP contribution in [-0.4, -0.2) is 293 Å². The van der Waals surface area contributed by atoms with Gasteiger partial charge in [-0.05, 0) is 237 Å². The van der Waals surface area contributed by atoms with Gasteiger partial charge in [0.1, 0.15) is 51.3 Å². The molecule has 0 amide bonds. The quantitative estimate of drug-likeness (QED) is 0.00864. The number of nitriles is 2. The third-order valence-electron chi connectivity index (χ3n) is 12.4. The molecule has 2 saturated heterocycles. The van der Waals surface area contributed by atoms with E-state index in [9.17, 15) is 38.1 Å². The van der Waals surface area contributed by atoms with Crippen LogP contribution in [0.25, 0.3) is 0 Å². The van der Waals surface area contributed by atoms with Crippen LogP contribution in [0, 0.1) is 29.2 Å². The summed E-state index contributed by atoms with van der Waals surface area (Å²) in [5.74, 6) is -1.70. The lowest BCUT2D eigenvalue weighted by Crippen LogP contribution is -2.52. The Morgan fingerprint density at radius 3 is 1.10 bits per heavy atom. The number of carbonyl (C=O) groups is 3. The van der Waals surface area contributed by atoms with Crippen molar-refractivity contribution in [2.24, 2.45) is 0 Å². The van der Waals surface area contributed by atoms with Crippen molar-refractivity contribution in [2.45, 2.75) is 235 Å². The van der Waals surface area contributed by atoms with Crippen molar-refractivity contribution >= 4 is 127 Å². The molecule has 2 heterocycles. The van der Waals surface area contributed by atoms with E-state index in [2.05, 4.69) is 192 Å². The van der Waals surface area contributed by atoms with Gasteiger partial charge in [-0.3, -0.25) is 27.2 Å². The van der Waals surface area contributed by atoms with Crippen LogP contribution < -0.4 is 4.89 Å². The first-order valence-electron chi connectivity index (χ1n) is 39.2. The zero-order valence-corrected chi connectivity index (χ0v) is 90.8. The molecule has 2 rings (SSSR count). The van der Waals surface area contributed by atoms with Gasteiger partial charge in [-0.15, -0.1) is 0 Å². The molecule has 0 spiro atoms. The Hall–Kier alpha value is -1.43. The average Bonchev–Trinajstić information content (AvgIpc) is 1.48. The number of aliphatic hydroxyl groups is 1. The van der Waals surface area contributed by atoms with Gasteiger partial charge >= 0.3 is 66.7 Å². The Labute approximate surface area is 722 Å². The molecule has 0 aromatic rings. The zero-order chi connectivity index (χ0) is 93.0. The number of rotatable bonds is 49. The van der Waals surface area contributed by atoms with E-state index in [1.807, 2.05) is 47.2 Å². The van der Waals surface area contributed by atoms with E-state index >= 15 is 0 Å². The standard InChI is InChI=1S/C22H50NO9PSi3.C19H41O9PSi3.C17H37O6Si3.C5H13N.C3H9N.C2H4ClO3P.2C2H3N/c1-20(2)22(24)28-19-21(30-33(25,26)29-16-14-23(3,4)5)18-27-15-13-17-36(12,31-34(6,7)8)32-35(9,10)11;1-17(2)19(20)23-16-18(26-29(21)24-12-13-25-29)15-22-11-10-14-32(9,27-30(3,4)5)28-31(6,7)8;1-15(2)17(19)21-14-16(18)13-20-11-10-12-26(9,22-24(3,4)5)23-25(6,7)8;1-4-5-6(2)3;1-4(2)3;3-7(4)5-1-2-6-7;2*1-2-3/h21H,1,13-19H2,2-12H3;18H,1,10-16H2,2-9H3;16,18H,1,3,10-14H2,2,4-9H3;4-5H2,1-3H3;1-3H3;1-2H2;2*1H3/q;;+1;;;;;. The molecule has 0 aliphatic carbocycles. The summed E-state index contributed by atoms with van der Waals surface area (Å²) in [5.41, 5.74) is 0.772. The second kappa shape index (κ2) is 62.7. The molecule has 5 atom stereocenters. The average molecular weight is 1910 g/mol. The van der Waals surface area contributed by atoms with E-state index in [1.165, 1.54) is 33.7 Å². The smallest absolute Gasteiger partial charge is 0.475 e. The van der Waals surface area contributed by atoms with Crippen molar-refractivity contribution in [1.29, 1.82) is 10.5 Å². The molecule has 0 aromatic heterocycles. The van der Waals surface area contributed by atoms with Crippen LogP contribution in [-0.2, 0) is 113 Å². The maximum Gasteiger partial charge on any atom is 0.475 e. The number of esters is 3. The fourth-order valence-electron chi connectivity index (χ4n) is 9.47. The number of hydrogen-bond donors (Lipinski definition) is 1. The van der Waals surface area contributed by atoms with Crippen LogP contribution >= 0.6 is 33.8 Å². The minimum Gasteiger partial charge on any atom is -0.756 e. The fourth-order valence-corrected chi connectivity index (χ4v) is 49.7. The van der Waals surface area contributed by atoms with Crippen molar-refractivity contribution in [3.8, 4) is 12.1 Å². The largest absolute Gasteiger partial charge is 0.756 e. The summed E-state index contributed by atoms with van der Waals surface area (Å²) in [6.45, 7) is 67.8. The molecule has 5 unspecified atom stereocenters. The normalized spacial score (nSPS) is 16.0. The predicted molar refractivity (Wildman–Crippen MR) is 487 cm³/mol. The van der Waals surface area contributed by atoms with E-state index in [1.54, 1.807) is 26.0 Å². The SMILES string of the molecule is C=C(C)C(=O)OCC(COCCC[Si](C)(O[Si](C)(C)C)O[Si](C)(C)C)OP(=O)([O-])OCC[N+](C)(C)C.C=C(C)C(=O)OCC(COCCC[Si](C)(O[Si](C)(C)C)O[Si](C)(C)C)OP1(=O)OCCO1.C=C(C)C(=O)OCC(O)COCCC[Si](C)(O[Si]([CH2+])(C)C)O[Si](C)(C)C.CC#N.CC#N.CCCN(C)C.CN(C)C.O=P1(Cl)OCCO1. The van der Waals surface area contributed by atoms with Crippen LogP contribution in [0.5, 0.6) is 0 Å². The number of phosphoric acid groups is 2. The topological polar surface area (TPSA) is 375 Å². The van der Waals surface area contributed by atoms with Crippen LogP contribution in [0.1, 0.15) is 67.2 Å². The molecule has 0 aromatic carbocycles. The van der Waals surface area contributed by atoms with Gasteiger partial charge in [-0.2, -0.15) is 10.5 Å². The number of ether oxygens (including phenoxy) is 6. The molecule has 2 aliphatic heterocycles. The molecule has 32 nitrogen and oxygen atoms in total. The minimum absolute atomic E-state index is 0.0270. The third kappa shape index (κ3) is 89.2. The van der Waals surface area contributed by atoms with Gasteiger partial charge in [0.25, 0.3) is 7.82 Å². The minimum atomic E-state index is -4.63. The Morgan fingerprint density at radius 2 is 0.838 bits per heavy atom. The Kier molecular flexibility index (Phi) is 67.7. The molecule has 0 saturated carbocycles. The molecule has 1 N–H and O–H groups in total. The Balaban J connectivity index is -0.000000348. The highest BCUT2D eigenvalue weighted by atomic mass is 35.7. The first-order chi connectivity index (χ1) is 52.7. The lowest BCUT2D eigenvalue weighted by atomic mass is 10.3. The molecule has 0 bridgehead atoms. The fraction of sp³-hybridized carbons (Fsp3) is 0.833. The molecular weight excluding hydrogens is 1750 g/mol. The number of nitrogens with zero attached hydrogens (tertiary/aromatic N) is 5. The zero-order valence-electron chi connectivity index (χ0n) is 78.3. The number of phosphoric ester groups is 2. The Morgan fingerprint density at radius 1 is 0.547 bits per heavy atom. The second-order valence-corrected chi connectivity index (χ2v) is 78.7. The van der Waals surface area contributed by atoms with E-state index in [0.29, 0.717) is 56.1 Å². The summed E-state index contributed by atoms with van der Waals surface area (Å²) in [6, 6.07) is 5.89. The van der Waals surface area contributed by atoms with Gasteiger partial charge in [0.2, 0.25) is 0 Å². The lowest BCUT2D eigenvalue weighted by molar-refractivity contribution is -0.870. The molecule has 2 fully saturated rings. The van der Waals surface area contributed by atoms with Crippen LogP contribution in [0.2, 0.25) is 149 Å². The number of likely N-dealkylation sites (N-methyl/N-ethyl adjacent to an activating group) is 1. The number of halogens is 1. The van der Waals surface area contributed by atoms with Crippen molar-refractivity contribution in [3.05, 3.63) is 43.0 Å². The van der Waals surface area contributed by atoms with Crippen molar-refractivity contribution in [3.63, 3.8) is 0 Å². The summed E-state index contributed by atoms with van der Waals surface area (Å²) in [6.07, 6.45) is 0.806. The summed E-state index contributed by atoms with van der Waals surface area (Å²) in [7, 11) is -10.1. The highest BCUT2D eigenvalue weighted by molar-refractivity contribution is 7.81. The van der Waals surface area contributed by atoms with E-state index in [0.717, 1.165) is 31.0 Å². The van der Waals surface area contributed by atoms with Crippen LogP contribution in [0.3, 0.4) is 0 Å². The summed E-state index contributed by atoms with van der Waals surface area (Å²) in [4.78, 5) is 51.3. The van der Waals surface area contributed by atoms with E-state index in [4.69, 9.17) is 97.5 Å². The summed E-state index contributed by atoms with van der Waals surface area (Å²) < 4.78 is 141. The highest BCUT2D eigenvalue weighted by Crippen LogP contribution is 2.56. The second-order valence-electron chi connectivity index (χ2n) is 35.2. The van der Waals surface area contributed by atoms with Crippen molar-refractivity contribution in [2.75, 3.05) is 162 Å². The van der Waals surface area contributed by atoms with Gasteiger partial charge < -0.3 is 86.4 Å². The van der Waals surface area contributed by atoms with Gasteiger partial charge in [0, 0.05) is 68.2 Å². The number of carbonyl (C=O) groups excluding carboxylic acids is 3. The van der Waals surface area contributed by atoms with Crippen molar-refractivity contribution < 1.29 is 127 Å². The molecule has 2 aliphatic rings. The van der Waals surface area contributed by atoms with Gasteiger partial charge in [0.05, 0.1) is 79.5 Å². The van der Waals surface area contributed by atoms with E-state index in [-0.39, 0.29) is 70.6 Å². The van der Waals surface area contributed by atoms with Gasteiger partial charge in [-0.1, -0.05) is 26.7 Å². The first-order valence-corrected chi connectivity index (χ1v) is 72.3. The van der Waals surface area contributed by atoms with Crippen molar-refractivity contribution in [1.82, 2.24) is 9.80 Å². The van der Waals surface area contributed by atoms with Crippen LogP contribution in [0.15, 0.2) is 36.5 Å². The predicted octanol–water partition coefficient (Wildman–Crippen LogP) is 15.7. The molecule has 45 heteroatoms. The monoisotopic (exact) mass is 1910 g/mol. The van der Waals surface area contributed by atoms with Gasteiger partial charge in [0.15, 0.2) is 41.6 Å². The molecule has 117 heavy (non-hydrogen) atoms. The maximum absolute atomic E-state index is 12.4. The molecular formula is C72H160ClN5O27P3Si9+. The number of hydrogen-bond acceptors (Lipinski definition) is 31. The van der Waals surface area contributed by atoms with Gasteiger partial charge in [-0.25, -0.2) is 23.5 Å². The first kappa shape index (κ1) is 126. The maximum atomic E-state index is 12.4. The lowest BCUT2D eigenvalue weighted by Gasteiger charge is -2.38. The number of aliphatic hydroxyl groups excluding tert-OH is 1. The number of quaternary nitrogens is 1. The molecule has 692 valence electrons. The third-order valence-corrected chi connectivity index (χ3v) is 45.2. The summed E-state index contributed by atoms with van der Waals surface area (Å²) >= 11 is 5.08. The summed E-state index contributed by atoms with van der Waals surface area (Å²) in [5, 5.41) is 24.4. The van der Waals surface area contributed by atoms with E-state index < -0.39 is 134 Å². The highest BCUT2D eigenvalue weighted by Gasteiger charge is 2.45. The van der Waals surface area contributed by atoms with Crippen LogP contribution in [0.4, 0.5) is 0 Å². The molecule has 0 radical (unpaired) electrons. The Bertz CT molecular complexity index is 2930.